The van der Waals surface area contributed by atoms with Crippen LogP contribution in [0.1, 0.15) is 78.2 Å². The molecule has 0 aliphatic heterocycles. The molecule has 0 aliphatic rings. The summed E-state index contributed by atoms with van der Waals surface area (Å²) < 4.78 is 1.95. The molecule has 0 bridgehead atoms. The maximum Gasteiger partial charge on any atom is 0.131 e. The average Bonchev–Trinajstić information content (AvgIpc) is 3.18. The molecule has 3 rings (SSSR count). The lowest BCUT2D eigenvalue weighted by molar-refractivity contribution is 0.507. The number of unbranched alkanes of at least 4 members (excludes halogenated alkanes) is 5. The topological polar surface area (TPSA) is 43.6 Å². The van der Waals surface area contributed by atoms with E-state index < -0.39 is 0 Å². The van der Waals surface area contributed by atoms with Gasteiger partial charge in [-0.2, -0.15) is 0 Å². The second kappa shape index (κ2) is 9.31. The zero-order valence-electron chi connectivity index (χ0n) is 17.9. The van der Waals surface area contributed by atoms with E-state index in [4.69, 9.17) is 4.98 Å². The Morgan fingerprint density at radius 1 is 0.893 bits per heavy atom. The first-order valence-corrected chi connectivity index (χ1v) is 10.9. The molecule has 0 N–H and O–H groups in total. The van der Waals surface area contributed by atoms with Crippen molar-refractivity contribution in [2.45, 2.75) is 84.6 Å². The molecule has 4 heteroatoms. The van der Waals surface area contributed by atoms with E-state index in [9.17, 15) is 0 Å². The van der Waals surface area contributed by atoms with Crippen molar-refractivity contribution < 1.29 is 0 Å². The summed E-state index contributed by atoms with van der Waals surface area (Å²) in [6.07, 6.45) is 10.9. The Labute approximate surface area is 169 Å². The maximum atomic E-state index is 4.82. The van der Waals surface area contributed by atoms with Crippen LogP contribution in [0.4, 0.5) is 0 Å². The summed E-state index contributed by atoms with van der Waals surface area (Å²) in [5.41, 5.74) is 4.31. The van der Waals surface area contributed by atoms with Gasteiger partial charge in [0.25, 0.3) is 0 Å². The van der Waals surface area contributed by atoms with Gasteiger partial charge in [-0.1, -0.05) is 77.1 Å². The van der Waals surface area contributed by atoms with E-state index in [1.54, 1.807) is 0 Å². The minimum Gasteiger partial charge on any atom is -0.252 e. The predicted octanol–water partition coefficient (Wildman–Crippen LogP) is 6.54. The highest BCUT2D eigenvalue weighted by Crippen LogP contribution is 2.29. The van der Waals surface area contributed by atoms with E-state index in [-0.39, 0.29) is 5.41 Å². The van der Waals surface area contributed by atoms with Gasteiger partial charge in [-0.15, -0.1) is 5.10 Å². The molecule has 150 valence electrons. The molecule has 4 nitrogen and oxygen atoms in total. The summed E-state index contributed by atoms with van der Waals surface area (Å²) in [6, 6.07) is 10.8. The van der Waals surface area contributed by atoms with Crippen molar-refractivity contribution in [3.63, 3.8) is 0 Å². The lowest BCUT2D eigenvalue weighted by Crippen LogP contribution is -2.15. The van der Waals surface area contributed by atoms with Gasteiger partial charge in [-0.25, -0.2) is 4.98 Å². The summed E-state index contributed by atoms with van der Waals surface area (Å²) >= 11 is 0. The van der Waals surface area contributed by atoms with Gasteiger partial charge in [0.1, 0.15) is 5.69 Å². The molecule has 0 unspecified atom stereocenters. The van der Waals surface area contributed by atoms with Crippen molar-refractivity contribution in [1.82, 2.24) is 20.0 Å². The molecule has 0 saturated heterocycles. The Kier molecular flexibility index (Phi) is 6.82. The summed E-state index contributed by atoms with van der Waals surface area (Å²) in [7, 11) is 0. The highest BCUT2D eigenvalue weighted by atomic mass is 15.4. The monoisotopic (exact) mass is 378 g/mol. The molecule has 2 aromatic heterocycles. The van der Waals surface area contributed by atoms with Gasteiger partial charge in [0.05, 0.1) is 17.4 Å². The first-order chi connectivity index (χ1) is 13.5. The molecular formula is C24H34N4. The maximum absolute atomic E-state index is 4.82. The Balaban J connectivity index is 1.67. The Morgan fingerprint density at radius 3 is 2.46 bits per heavy atom. The summed E-state index contributed by atoms with van der Waals surface area (Å²) in [5.74, 6) is 0. The van der Waals surface area contributed by atoms with Crippen LogP contribution in [-0.2, 0) is 12.0 Å². The van der Waals surface area contributed by atoms with Crippen LogP contribution >= 0.6 is 0 Å². The molecule has 28 heavy (non-hydrogen) atoms. The van der Waals surface area contributed by atoms with Gasteiger partial charge >= 0.3 is 0 Å². The van der Waals surface area contributed by atoms with Gasteiger partial charge < -0.3 is 0 Å². The molecule has 0 fully saturated rings. The molecule has 3 aromatic rings. The van der Waals surface area contributed by atoms with Crippen LogP contribution in [-0.4, -0.2) is 20.0 Å². The fraction of sp³-hybridized carbons (Fsp3) is 0.542. The van der Waals surface area contributed by atoms with Crippen LogP contribution in [0.3, 0.4) is 0 Å². The van der Waals surface area contributed by atoms with Crippen LogP contribution in [0.2, 0.25) is 0 Å². The predicted molar refractivity (Wildman–Crippen MR) is 117 cm³/mol. The number of hydrogen-bond acceptors (Lipinski definition) is 3. The molecule has 0 atom stereocenters. The summed E-state index contributed by atoms with van der Waals surface area (Å²) in [6.45, 7) is 10.0. The minimum atomic E-state index is 0.187. The van der Waals surface area contributed by atoms with E-state index in [1.807, 2.05) is 10.9 Å². The molecule has 0 radical (unpaired) electrons. The first-order valence-electron chi connectivity index (χ1n) is 10.9. The Morgan fingerprint density at radius 2 is 1.68 bits per heavy atom. The molecule has 2 heterocycles. The van der Waals surface area contributed by atoms with E-state index >= 15 is 0 Å². The molecule has 0 amide bonds. The zero-order valence-corrected chi connectivity index (χ0v) is 17.9. The second-order valence-electron chi connectivity index (χ2n) is 8.48. The van der Waals surface area contributed by atoms with Crippen molar-refractivity contribution in [2.24, 2.45) is 0 Å². The number of nitrogens with zero attached hydrogens (tertiary/aromatic N) is 4. The first kappa shape index (κ1) is 20.5. The highest BCUT2D eigenvalue weighted by Gasteiger charge is 2.18. The van der Waals surface area contributed by atoms with Gasteiger partial charge in [0, 0.05) is 11.9 Å². The van der Waals surface area contributed by atoms with Gasteiger partial charge in [0.2, 0.25) is 0 Å². The number of pyridine rings is 1. The van der Waals surface area contributed by atoms with Crippen molar-refractivity contribution in [3.05, 3.63) is 42.1 Å². The highest BCUT2D eigenvalue weighted by molar-refractivity contribution is 5.82. The number of hydrogen-bond donors (Lipinski definition) is 0. The third-order valence-electron chi connectivity index (χ3n) is 5.90. The minimum absolute atomic E-state index is 0.187. The molecule has 0 saturated carbocycles. The van der Waals surface area contributed by atoms with E-state index in [0.717, 1.165) is 36.3 Å². The van der Waals surface area contributed by atoms with Crippen molar-refractivity contribution in [1.29, 1.82) is 0 Å². The molecule has 0 aliphatic carbocycles. The van der Waals surface area contributed by atoms with Gasteiger partial charge in [0.15, 0.2) is 0 Å². The largest absolute Gasteiger partial charge is 0.252 e. The zero-order chi connectivity index (χ0) is 20.0. The average molecular weight is 379 g/mol. The van der Waals surface area contributed by atoms with E-state index in [1.165, 1.54) is 43.1 Å². The van der Waals surface area contributed by atoms with Crippen molar-refractivity contribution in [3.8, 4) is 11.4 Å². The third kappa shape index (κ3) is 4.98. The standard InChI is InChI=1S/C24H34N4/c1-5-7-8-9-10-11-16-28-18-23(26-27-28)22-14-12-19-17-20(24(3,4)6-2)13-15-21(19)25-22/h12-15,17-18H,5-11,16H2,1-4H3. The molecular weight excluding hydrogens is 344 g/mol. The van der Waals surface area contributed by atoms with Crippen LogP contribution in [0.15, 0.2) is 36.5 Å². The lowest BCUT2D eigenvalue weighted by Gasteiger charge is -2.23. The lowest BCUT2D eigenvalue weighted by atomic mass is 9.82. The Bertz CT molecular complexity index is 895. The number of rotatable bonds is 10. The number of benzene rings is 1. The van der Waals surface area contributed by atoms with Gasteiger partial charge in [-0.3, -0.25) is 4.68 Å². The van der Waals surface area contributed by atoms with Crippen LogP contribution in [0.25, 0.3) is 22.3 Å². The fourth-order valence-corrected chi connectivity index (χ4v) is 3.47. The fourth-order valence-electron chi connectivity index (χ4n) is 3.47. The second-order valence-corrected chi connectivity index (χ2v) is 8.48. The number of aromatic nitrogens is 4. The number of fused-ring (bicyclic) bond motifs is 1. The van der Waals surface area contributed by atoms with E-state index in [2.05, 4.69) is 68.3 Å². The third-order valence-corrected chi connectivity index (χ3v) is 5.90. The van der Waals surface area contributed by atoms with Crippen molar-refractivity contribution >= 4 is 10.9 Å². The van der Waals surface area contributed by atoms with Crippen molar-refractivity contribution in [2.75, 3.05) is 0 Å². The summed E-state index contributed by atoms with van der Waals surface area (Å²) in [4.78, 5) is 4.82. The smallest absolute Gasteiger partial charge is 0.131 e. The van der Waals surface area contributed by atoms with Gasteiger partial charge in [-0.05, 0) is 42.0 Å². The van der Waals surface area contributed by atoms with Crippen LogP contribution in [0, 0.1) is 0 Å². The Hall–Kier alpha value is -2.23. The SMILES string of the molecule is CCCCCCCCn1cc(-c2ccc3cc(C(C)(C)CC)ccc3n2)nn1. The van der Waals surface area contributed by atoms with Crippen LogP contribution < -0.4 is 0 Å². The number of aryl methyl sites for hydroxylation is 1. The van der Waals surface area contributed by atoms with E-state index in [0.29, 0.717) is 0 Å². The quantitative estimate of drug-likeness (QED) is 0.376. The summed E-state index contributed by atoms with van der Waals surface area (Å²) in [5, 5.41) is 9.82. The van der Waals surface area contributed by atoms with Crippen LogP contribution in [0.5, 0.6) is 0 Å². The molecule has 0 spiro atoms. The normalized spacial score (nSPS) is 12.0. The molecule has 1 aromatic carbocycles.